The van der Waals surface area contributed by atoms with Gasteiger partial charge in [-0.15, -0.1) is 0 Å². The highest BCUT2D eigenvalue weighted by Crippen LogP contribution is 2.14. The van der Waals surface area contributed by atoms with E-state index in [1.807, 2.05) is 37.3 Å². The minimum atomic E-state index is 0.223. The van der Waals surface area contributed by atoms with E-state index in [0.29, 0.717) is 17.7 Å². The van der Waals surface area contributed by atoms with Crippen molar-refractivity contribution in [3.63, 3.8) is 0 Å². The predicted molar refractivity (Wildman–Crippen MR) is 73.2 cm³/mol. The van der Waals surface area contributed by atoms with Crippen molar-refractivity contribution in [3.8, 4) is 17.6 Å². The predicted octanol–water partition coefficient (Wildman–Crippen LogP) is 2.63. The maximum Gasteiger partial charge on any atom is 0.172 e. The molecule has 0 amide bonds. The molecule has 0 fully saturated rings. The molecule has 0 aliphatic rings. The molecule has 3 heteroatoms. The van der Waals surface area contributed by atoms with Crippen molar-refractivity contribution in [1.29, 1.82) is 0 Å². The molecule has 0 aliphatic heterocycles. The second-order valence-corrected chi connectivity index (χ2v) is 3.91. The Kier molecular flexibility index (Phi) is 4.30. The monoisotopic (exact) mass is 251 g/mol. The molecule has 0 atom stereocenters. The zero-order chi connectivity index (χ0) is 13.5. The third-order valence-electron chi connectivity index (χ3n) is 2.44. The van der Waals surface area contributed by atoms with E-state index in [9.17, 15) is 4.79 Å². The van der Waals surface area contributed by atoms with E-state index in [1.54, 1.807) is 12.1 Å². The topological polar surface area (TPSA) is 39.2 Å². The van der Waals surface area contributed by atoms with Crippen molar-refractivity contribution in [2.24, 2.45) is 0 Å². The fourth-order valence-electron chi connectivity index (χ4n) is 1.54. The Morgan fingerprint density at radius 3 is 2.74 bits per heavy atom. The zero-order valence-corrected chi connectivity index (χ0v) is 10.6. The molecule has 94 valence electrons. The largest absolute Gasteiger partial charge is 0.479 e. The van der Waals surface area contributed by atoms with Gasteiger partial charge in [-0.3, -0.25) is 4.79 Å². The summed E-state index contributed by atoms with van der Waals surface area (Å²) in [7, 11) is 0. The molecular formula is C16H13NO2. The van der Waals surface area contributed by atoms with Crippen LogP contribution < -0.4 is 4.74 Å². The Labute approximate surface area is 112 Å². The van der Waals surface area contributed by atoms with E-state index in [4.69, 9.17) is 4.74 Å². The lowest BCUT2D eigenvalue weighted by Gasteiger charge is -2.04. The van der Waals surface area contributed by atoms with E-state index < -0.39 is 0 Å². The van der Waals surface area contributed by atoms with Crippen LogP contribution in [0.1, 0.15) is 21.7 Å². The Hall–Kier alpha value is -2.60. The van der Waals surface area contributed by atoms with Crippen LogP contribution in [0.5, 0.6) is 5.75 Å². The third kappa shape index (κ3) is 3.68. The van der Waals surface area contributed by atoms with Gasteiger partial charge in [-0.05, 0) is 31.2 Å². The van der Waals surface area contributed by atoms with Gasteiger partial charge in [0.1, 0.15) is 18.1 Å². The van der Waals surface area contributed by atoms with Gasteiger partial charge in [0.25, 0.3) is 0 Å². The van der Waals surface area contributed by atoms with E-state index in [1.165, 1.54) is 0 Å². The van der Waals surface area contributed by atoms with Gasteiger partial charge >= 0.3 is 0 Å². The van der Waals surface area contributed by atoms with Crippen LogP contribution in [-0.2, 0) is 0 Å². The molecule has 0 radical (unpaired) electrons. The van der Waals surface area contributed by atoms with Crippen LogP contribution in [-0.4, -0.2) is 17.9 Å². The van der Waals surface area contributed by atoms with Crippen molar-refractivity contribution in [2.75, 3.05) is 6.61 Å². The average molecular weight is 251 g/mol. The summed E-state index contributed by atoms with van der Waals surface area (Å²) in [6, 6.07) is 13.2. The van der Waals surface area contributed by atoms with Gasteiger partial charge in [0.2, 0.25) is 0 Å². The third-order valence-corrected chi connectivity index (χ3v) is 2.44. The molecule has 1 aromatic heterocycles. The lowest BCUT2D eigenvalue weighted by Crippen LogP contribution is -2.00. The van der Waals surface area contributed by atoms with Crippen LogP contribution in [0.2, 0.25) is 0 Å². The SMILES string of the molecule is Cc1ccc(OCC#Cc2ccccc2)c(C=O)n1. The minimum absolute atomic E-state index is 0.223. The molecule has 0 saturated heterocycles. The van der Waals surface area contributed by atoms with Gasteiger partial charge in [0.05, 0.1) is 0 Å². The zero-order valence-electron chi connectivity index (χ0n) is 10.6. The highest BCUT2D eigenvalue weighted by atomic mass is 16.5. The number of pyridine rings is 1. The molecule has 3 nitrogen and oxygen atoms in total. The smallest absolute Gasteiger partial charge is 0.172 e. The Morgan fingerprint density at radius 2 is 2.00 bits per heavy atom. The first kappa shape index (κ1) is 12.8. The van der Waals surface area contributed by atoms with Gasteiger partial charge in [-0.1, -0.05) is 30.0 Å². The number of ether oxygens (including phenoxy) is 1. The molecule has 19 heavy (non-hydrogen) atoms. The number of aromatic nitrogens is 1. The van der Waals surface area contributed by atoms with Crippen LogP contribution >= 0.6 is 0 Å². The van der Waals surface area contributed by atoms with Crippen LogP contribution in [0.25, 0.3) is 0 Å². The second kappa shape index (κ2) is 6.36. The summed E-state index contributed by atoms with van der Waals surface area (Å²) in [5, 5.41) is 0. The van der Waals surface area contributed by atoms with E-state index in [2.05, 4.69) is 16.8 Å². The first-order chi connectivity index (χ1) is 9.29. The van der Waals surface area contributed by atoms with Crippen LogP contribution in [0.4, 0.5) is 0 Å². The fourth-order valence-corrected chi connectivity index (χ4v) is 1.54. The maximum absolute atomic E-state index is 10.9. The molecule has 0 unspecified atom stereocenters. The average Bonchev–Trinajstić information content (AvgIpc) is 2.46. The molecule has 1 heterocycles. The van der Waals surface area contributed by atoms with Crippen molar-refractivity contribution in [3.05, 3.63) is 59.4 Å². The van der Waals surface area contributed by atoms with E-state index in [0.717, 1.165) is 11.3 Å². The molecule has 0 bridgehead atoms. The van der Waals surface area contributed by atoms with E-state index >= 15 is 0 Å². The number of rotatable bonds is 3. The van der Waals surface area contributed by atoms with Crippen LogP contribution in [0.3, 0.4) is 0 Å². The number of carbonyl (C=O) groups excluding carboxylic acids is 1. The van der Waals surface area contributed by atoms with Gasteiger partial charge < -0.3 is 4.74 Å². The van der Waals surface area contributed by atoms with Crippen molar-refractivity contribution >= 4 is 6.29 Å². The van der Waals surface area contributed by atoms with Gasteiger partial charge in [0, 0.05) is 11.3 Å². The molecule has 2 aromatic rings. The van der Waals surface area contributed by atoms with Gasteiger partial charge in [0.15, 0.2) is 6.29 Å². The van der Waals surface area contributed by atoms with Crippen LogP contribution in [0, 0.1) is 18.8 Å². The van der Waals surface area contributed by atoms with Gasteiger partial charge in [-0.2, -0.15) is 0 Å². The number of benzene rings is 1. The van der Waals surface area contributed by atoms with Crippen LogP contribution in [0.15, 0.2) is 42.5 Å². The molecule has 0 aliphatic carbocycles. The number of carbonyl (C=O) groups is 1. The summed E-state index contributed by atoms with van der Waals surface area (Å²) >= 11 is 0. The molecule has 0 N–H and O–H groups in total. The van der Waals surface area contributed by atoms with Crippen molar-refractivity contribution in [2.45, 2.75) is 6.92 Å². The van der Waals surface area contributed by atoms with E-state index in [-0.39, 0.29) is 6.61 Å². The summed E-state index contributed by atoms with van der Waals surface area (Å²) in [4.78, 5) is 14.9. The quantitative estimate of drug-likeness (QED) is 0.622. The standard InChI is InChI=1S/C16H13NO2/c1-13-9-10-16(15(12-18)17-13)19-11-5-8-14-6-3-2-4-7-14/h2-4,6-7,9-10,12H,11H2,1H3. The summed E-state index contributed by atoms with van der Waals surface area (Å²) in [6.45, 7) is 2.05. The highest BCUT2D eigenvalue weighted by Gasteiger charge is 2.03. The van der Waals surface area contributed by atoms with Gasteiger partial charge in [-0.25, -0.2) is 4.98 Å². The molecule has 1 aromatic carbocycles. The number of aldehydes is 1. The molecule has 0 saturated carbocycles. The molecule has 0 spiro atoms. The molecular weight excluding hydrogens is 238 g/mol. The second-order valence-electron chi connectivity index (χ2n) is 3.91. The minimum Gasteiger partial charge on any atom is -0.479 e. The molecule has 2 rings (SSSR count). The summed E-state index contributed by atoms with van der Waals surface area (Å²) in [5.41, 5.74) is 2.02. The number of hydrogen-bond donors (Lipinski definition) is 0. The fraction of sp³-hybridized carbons (Fsp3) is 0.125. The first-order valence-electron chi connectivity index (χ1n) is 5.89. The number of aryl methyl sites for hydroxylation is 1. The van der Waals surface area contributed by atoms with Crippen molar-refractivity contribution < 1.29 is 9.53 Å². The Morgan fingerprint density at radius 1 is 1.21 bits per heavy atom. The normalized spacial score (nSPS) is 9.32. The lowest BCUT2D eigenvalue weighted by atomic mass is 10.2. The number of nitrogens with zero attached hydrogens (tertiary/aromatic N) is 1. The summed E-state index contributed by atoms with van der Waals surface area (Å²) < 4.78 is 5.44. The Bertz CT molecular complexity index is 624. The highest BCUT2D eigenvalue weighted by molar-refractivity contribution is 5.76. The first-order valence-corrected chi connectivity index (χ1v) is 5.89. The maximum atomic E-state index is 10.9. The summed E-state index contributed by atoms with van der Waals surface area (Å²) in [6.07, 6.45) is 0.687. The van der Waals surface area contributed by atoms with Crippen molar-refractivity contribution in [1.82, 2.24) is 4.98 Å². The Balaban J connectivity index is 2.00. The summed E-state index contributed by atoms with van der Waals surface area (Å²) in [5.74, 6) is 6.34. The number of hydrogen-bond acceptors (Lipinski definition) is 3. The lowest BCUT2D eigenvalue weighted by molar-refractivity contribution is 0.111.